The molecule has 0 saturated carbocycles. The summed E-state index contributed by atoms with van der Waals surface area (Å²) in [5, 5.41) is 21.1. The second kappa shape index (κ2) is 7.70. The van der Waals surface area contributed by atoms with Gasteiger partial charge in [-0.05, 0) is 37.5 Å². The molecular weight excluding hydrogens is 228 g/mol. The van der Waals surface area contributed by atoms with E-state index in [0.29, 0.717) is 23.9 Å². The van der Waals surface area contributed by atoms with Gasteiger partial charge in [0.15, 0.2) is 0 Å². The first-order valence-electron chi connectivity index (χ1n) is 6.12. The molecule has 0 radical (unpaired) electrons. The van der Waals surface area contributed by atoms with E-state index in [1.165, 1.54) is 0 Å². The Hall–Kier alpha value is -1.57. The van der Waals surface area contributed by atoms with Crippen molar-refractivity contribution in [2.24, 2.45) is 0 Å². The minimum atomic E-state index is 0.229. The van der Waals surface area contributed by atoms with Gasteiger partial charge in [0.05, 0.1) is 12.7 Å². The highest BCUT2D eigenvalue weighted by Crippen LogP contribution is 2.18. The normalized spacial score (nSPS) is 11.9. The molecule has 0 aliphatic carbocycles. The van der Waals surface area contributed by atoms with Gasteiger partial charge in [-0.3, -0.25) is 0 Å². The molecule has 98 valence electrons. The standard InChI is InChI=1S/C14H20N2O2/c1-11(4-3-7-17)16-10-12-5-6-14(18-2)13(8-12)9-15/h5-6,8,11,16-17H,3-4,7,10H2,1-2H3. The topological polar surface area (TPSA) is 65.3 Å². The van der Waals surface area contributed by atoms with E-state index >= 15 is 0 Å². The van der Waals surface area contributed by atoms with E-state index in [0.717, 1.165) is 18.4 Å². The van der Waals surface area contributed by atoms with Crippen LogP contribution in [0, 0.1) is 11.3 Å². The highest BCUT2D eigenvalue weighted by molar-refractivity contribution is 5.45. The Labute approximate surface area is 108 Å². The predicted molar refractivity (Wildman–Crippen MR) is 70.3 cm³/mol. The van der Waals surface area contributed by atoms with Crippen LogP contribution in [0.5, 0.6) is 5.75 Å². The predicted octanol–water partition coefficient (Wildman–Crippen LogP) is 1.82. The molecule has 2 N–H and O–H groups in total. The summed E-state index contributed by atoms with van der Waals surface area (Å²) in [6.07, 6.45) is 1.75. The van der Waals surface area contributed by atoms with Gasteiger partial charge in [0, 0.05) is 19.2 Å². The Morgan fingerprint density at radius 2 is 2.28 bits per heavy atom. The summed E-state index contributed by atoms with van der Waals surface area (Å²) >= 11 is 0. The van der Waals surface area contributed by atoms with Crippen LogP contribution in [0.25, 0.3) is 0 Å². The van der Waals surface area contributed by atoms with Gasteiger partial charge < -0.3 is 15.2 Å². The lowest BCUT2D eigenvalue weighted by Gasteiger charge is -2.13. The van der Waals surface area contributed by atoms with E-state index < -0.39 is 0 Å². The molecule has 18 heavy (non-hydrogen) atoms. The van der Waals surface area contributed by atoms with Gasteiger partial charge in [-0.2, -0.15) is 5.26 Å². The zero-order chi connectivity index (χ0) is 13.4. The minimum absolute atomic E-state index is 0.229. The van der Waals surface area contributed by atoms with Crippen LogP contribution in [-0.2, 0) is 6.54 Å². The van der Waals surface area contributed by atoms with Crippen LogP contribution in [0.3, 0.4) is 0 Å². The van der Waals surface area contributed by atoms with Crippen LogP contribution in [0.1, 0.15) is 30.9 Å². The van der Waals surface area contributed by atoms with Crippen LogP contribution in [-0.4, -0.2) is 24.9 Å². The van der Waals surface area contributed by atoms with Crippen molar-refractivity contribution in [3.05, 3.63) is 29.3 Å². The second-order valence-corrected chi connectivity index (χ2v) is 4.29. The molecule has 0 bridgehead atoms. The van der Waals surface area contributed by atoms with Crippen molar-refractivity contribution in [1.82, 2.24) is 5.32 Å². The number of methoxy groups -OCH3 is 1. The van der Waals surface area contributed by atoms with Crippen LogP contribution < -0.4 is 10.1 Å². The number of ether oxygens (including phenoxy) is 1. The summed E-state index contributed by atoms with van der Waals surface area (Å²) in [4.78, 5) is 0. The molecular formula is C14H20N2O2. The first-order valence-corrected chi connectivity index (χ1v) is 6.12. The highest BCUT2D eigenvalue weighted by atomic mass is 16.5. The molecule has 0 heterocycles. The number of hydrogen-bond donors (Lipinski definition) is 2. The van der Waals surface area contributed by atoms with E-state index in [1.54, 1.807) is 7.11 Å². The lowest BCUT2D eigenvalue weighted by Crippen LogP contribution is -2.25. The van der Waals surface area contributed by atoms with Crippen molar-refractivity contribution in [1.29, 1.82) is 5.26 Å². The highest BCUT2D eigenvalue weighted by Gasteiger charge is 2.05. The van der Waals surface area contributed by atoms with Gasteiger partial charge in [-0.25, -0.2) is 0 Å². The SMILES string of the molecule is COc1ccc(CNC(C)CCCO)cc1C#N. The minimum Gasteiger partial charge on any atom is -0.495 e. The summed E-state index contributed by atoms with van der Waals surface area (Å²) < 4.78 is 5.10. The van der Waals surface area contributed by atoms with E-state index in [-0.39, 0.29) is 6.61 Å². The van der Waals surface area contributed by atoms with Crippen molar-refractivity contribution in [3.8, 4) is 11.8 Å². The molecule has 4 nitrogen and oxygen atoms in total. The number of hydrogen-bond acceptors (Lipinski definition) is 4. The van der Waals surface area contributed by atoms with Gasteiger partial charge in [0.1, 0.15) is 11.8 Å². The average molecular weight is 248 g/mol. The first-order chi connectivity index (χ1) is 8.71. The van der Waals surface area contributed by atoms with Gasteiger partial charge >= 0.3 is 0 Å². The van der Waals surface area contributed by atoms with Gasteiger partial charge in [-0.15, -0.1) is 0 Å². The smallest absolute Gasteiger partial charge is 0.136 e. The number of benzene rings is 1. The maximum Gasteiger partial charge on any atom is 0.136 e. The molecule has 0 saturated heterocycles. The average Bonchev–Trinajstić information content (AvgIpc) is 2.42. The van der Waals surface area contributed by atoms with Crippen LogP contribution in [0.2, 0.25) is 0 Å². The zero-order valence-electron chi connectivity index (χ0n) is 10.9. The van der Waals surface area contributed by atoms with E-state index in [9.17, 15) is 0 Å². The second-order valence-electron chi connectivity index (χ2n) is 4.29. The fourth-order valence-electron chi connectivity index (χ4n) is 1.74. The van der Waals surface area contributed by atoms with Gasteiger partial charge in [0.2, 0.25) is 0 Å². The van der Waals surface area contributed by atoms with Crippen molar-refractivity contribution >= 4 is 0 Å². The molecule has 1 aromatic rings. The van der Waals surface area contributed by atoms with Crippen molar-refractivity contribution in [2.45, 2.75) is 32.4 Å². The third-order valence-electron chi connectivity index (χ3n) is 2.83. The van der Waals surface area contributed by atoms with E-state index in [1.807, 2.05) is 18.2 Å². The molecule has 0 fully saturated rings. The van der Waals surface area contributed by atoms with Crippen molar-refractivity contribution in [3.63, 3.8) is 0 Å². The fourth-order valence-corrected chi connectivity index (χ4v) is 1.74. The molecule has 0 aromatic heterocycles. The van der Waals surface area contributed by atoms with Crippen LogP contribution in [0.4, 0.5) is 0 Å². The third-order valence-corrected chi connectivity index (χ3v) is 2.83. The number of aliphatic hydroxyl groups is 1. The first kappa shape index (κ1) is 14.5. The quantitative estimate of drug-likeness (QED) is 0.772. The van der Waals surface area contributed by atoms with Crippen LogP contribution >= 0.6 is 0 Å². The van der Waals surface area contributed by atoms with Gasteiger partial charge in [0.25, 0.3) is 0 Å². The molecule has 1 atom stereocenters. The fraction of sp³-hybridized carbons (Fsp3) is 0.500. The Morgan fingerprint density at radius 1 is 1.50 bits per heavy atom. The molecule has 1 aromatic carbocycles. The Kier molecular flexibility index (Phi) is 6.20. The number of aliphatic hydroxyl groups excluding tert-OH is 1. The third kappa shape index (κ3) is 4.36. The Bertz CT molecular complexity index is 413. The lowest BCUT2D eigenvalue weighted by molar-refractivity contribution is 0.276. The summed E-state index contributed by atoms with van der Waals surface area (Å²) in [5.74, 6) is 0.606. The summed E-state index contributed by atoms with van der Waals surface area (Å²) in [6, 6.07) is 8.08. The van der Waals surface area contributed by atoms with E-state index in [2.05, 4.69) is 18.3 Å². The number of nitriles is 1. The Balaban J connectivity index is 2.55. The largest absolute Gasteiger partial charge is 0.495 e. The Morgan fingerprint density at radius 3 is 2.89 bits per heavy atom. The maximum absolute atomic E-state index is 8.99. The monoisotopic (exact) mass is 248 g/mol. The number of nitrogens with one attached hydrogen (secondary N) is 1. The van der Waals surface area contributed by atoms with Crippen molar-refractivity contribution in [2.75, 3.05) is 13.7 Å². The lowest BCUT2D eigenvalue weighted by atomic mass is 10.1. The van der Waals surface area contributed by atoms with Crippen LogP contribution in [0.15, 0.2) is 18.2 Å². The van der Waals surface area contributed by atoms with Crippen molar-refractivity contribution < 1.29 is 9.84 Å². The zero-order valence-corrected chi connectivity index (χ0v) is 10.9. The summed E-state index contributed by atoms with van der Waals surface area (Å²) in [5.41, 5.74) is 1.61. The van der Waals surface area contributed by atoms with Gasteiger partial charge in [-0.1, -0.05) is 6.07 Å². The maximum atomic E-state index is 8.99. The number of nitrogens with zero attached hydrogens (tertiary/aromatic N) is 1. The van der Waals surface area contributed by atoms with E-state index in [4.69, 9.17) is 15.1 Å². The summed E-state index contributed by atoms with van der Waals surface area (Å²) in [7, 11) is 1.56. The molecule has 1 unspecified atom stereocenters. The number of rotatable bonds is 7. The molecule has 1 rings (SSSR count). The molecule has 4 heteroatoms. The summed E-state index contributed by atoms with van der Waals surface area (Å²) in [6.45, 7) is 3.03. The molecule has 0 aliphatic rings. The molecule has 0 amide bonds. The molecule has 0 aliphatic heterocycles. The molecule has 0 spiro atoms.